The van der Waals surface area contributed by atoms with Gasteiger partial charge < -0.3 is 10.5 Å². The van der Waals surface area contributed by atoms with E-state index in [0.717, 1.165) is 6.07 Å². The molecule has 6 heteroatoms. The van der Waals surface area contributed by atoms with E-state index in [1.54, 1.807) is 12.1 Å². The van der Waals surface area contributed by atoms with Crippen LogP contribution in [0.3, 0.4) is 0 Å². The van der Waals surface area contributed by atoms with E-state index in [1.807, 2.05) is 0 Å². The van der Waals surface area contributed by atoms with E-state index in [4.69, 9.17) is 11.1 Å². The molecular formula is C14H12FN3O2. The maximum atomic E-state index is 14.0. The number of carbonyl (C=O) groups is 1. The lowest BCUT2D eigenvalue weighted by atomic mass is 10.0. The second-order valence-electron chi connectivity index (χ2n) is 4.00. The molecule has 20 heavy (non-hydrogen) atoms. The first-order valence-electron chi connectivity index (χ1n) is 5.72. The van der Waals surface area contributed by atoms with Crippen molar-refractivity contribution >= 4 is 17.4 Å². The smallest absolute Gasteiger partial charge is 0.337 e. The van der Waals surface area contributed by atoms with Gasteiger partial charge in [0.15, 0.2) is 0 Å². The summed E-state index contributed by atoms with van der Waals surface area (Å²) in [5.41, 5.74) is 6.14. The van der Waals surface area contributed by atoms with Crippen LogP contribution in [0.4, 0.5) is 10.1 Å². The first kappa shape index (κ1) is 13.7. The summed E-state index contributed by atoms with van der Waals surface area (Å²) in [6, 6.07) is 6.95. The number of hydrogen-bond acceptors (Lipinski definition) is 5. The molecule has 0 aliphatic heterocycles. The Kier molecular flexibility index (Phi) is 3.74. The summed E-state index contributed by atoms with van der Waals surface area (Å²) >= 11 is 0. The van der Waals surface area contributed by atoms with E-state index in [-0.39, 0.29) is 28.2 Å². The Morgan fingerprint density at radius 1 is 1.40 bits per heavy atom. The number of hydrogen-bond donors (Lipinski definition) is 2. The molecule has 5 nitrogen and oxygen atoms in total. The summed E-state index contributed by atoms with van der Waals surface area (Å²) in [5, 5.41) is 7.98. The van der Waals surface area contributed by atoms with Crippen LogP contribution in [0.15, 0.2) is 36.5 Å². The Morgan fingerprint density at radius 2 is 2.15 bits per heavy atom. The fourth-order valence-electron chi connectivity index (χ4n) is 1.72. The van der Waals surface area contributed by atoms with Gasteiger partial charge in [-0.25, -0.2) is 9.18 Å². The quantitative estimate of drug-likeness (QED) is 0.661. The number of carbonyl (C=O) groups excluding carboxylic acids is 1. The number of nitrogens with two attached hydrogens (primary N) is 1. The average molecular weight is 273 g/mol. The minimum atomic E-state index is -0.706. The first-order chi connectivity index (χ1) is 9.54. The van der Waals surface area contributed by atoms with Crippen LogP contribution in [0.25, 0.3) is 0 Å². The topological polar surface area (TPSA) is 89.1 Å². The molecule has 0 unspecified atom stereocenters. The van der Waals surface area contributed by atoms with Crippen molar-refractivity contribution in [1.29, 1.82) is 5.41 Å². The van der Waals surface area contributed by atoms with Crippen LogP contribution >= 0.6 is 0 Å². The molecule has 2 rings (SSSR count). The molecule has 0 aliphatic rings. The number of methoxy groups -OCH3 is 1. The molecule has 0 atom stereocenters. The summed E-state index contributed by atoms with van der Waals surface area (Å²) in [4.78, 5) is 15.3. The molecule has 0 fully saturated rings. The molecule has 0 radical (unpaired) electrons. The van der Waals surface area contributed by atoms with Gasteiger partial charge in [-0.2, -0.15) is 0 Å². The second kappa shape index (κ2) is 5.48. The normalized spacial score (nSPS) is 10.1. The molecule has 3 N–H and O–H groups in total. The first-order valence-corrected chi connectivity index (χ1v) is 5.72. The van der Waals surface area contributed by atoms with Gasteiger partial charge in [0.1, 0.15) is 11.5 Å². The maximum Gasteiger partial charge on any atom is 0.337 e. The van der Waals surface area contributed by atoms with Crippen molar-refractivity contribution in [2.45, 2.75) is 0 Å². The summed E-state index contributed by atoms with van der Waals surface area (Å²) in [5.74, 6) is -1.35. The number of anilines is 1. The monoisotopic (exact) mass is 273 g/mol. The number of benzene rings is 1. The Hall–Kier alpha value is -2.76. The van der Waals surface area contributed by atoms with Gasteiger partial charge in [0, 0.05) is 11.8 Å². The van der Waals surface area contributed by atoms with Crippen molar-refractivity contribution in [3.63, 3.8) is 0 Å². The highest BCUT2D eigenvalue weighted by Gasteiger charge is 2.16. The summed E-state index contributed by atoms with van der Waals surface area (Å²) in [6.45, 7) is 0. The average Bonchev–Trinajstić information content (AvgIpc) is 2.46. The molecule has 0 saturated carbocycles. The predicted octanol–water partition coefficient (Wildman–Crippen LogP) is 2.01. The summed E-state index contributed by atoms with van der Waals surface area (Å²) in [6.07, 6.45) is 1.47. The number of nitrogens with zero attached hydrogens (tertiary/aromatic N) is 1. The van der Waals surface area contributed by atoms with E-state index in [0.29, 0.717) is 0 Å². The highest BCUT2D eigenvalue weighted by Crippen LogP contribution is 2.18. The molecule has 1 aromatic heterocycles. The van der Waals surface area contributed by atoms with Crippen molar-refractivity contribution in [1.82, 2.24) is 4.98 Å². The molecule has 1 heterocycles. The predicted molar refractivity (Wildman–Crippen MR) is 72.3 cm³/mol. The van der Waals surface area contributed by atoms with Gasteiger partial charge in [-0.15, -0.1) is 0 Å². The highest BCUT2D eigenvalue weighted by atomic mass is 19.1. The Balaban J connectivity index is 2.42. The third-order valence-corrected chi connectivity index (χ3v) is 2.74. The second-order valence-corrected chi connectivity index (χ2v) is 4.00. The largest absolute Gasteiger partial charge is 0.465 e. The van der Waals surface area contributed by atoms with Crippen LogP contribution in [0.5, 0.6) is 0 Å². The van der Waals surface area contributed by atoms with Crippen LogP contribution in [0, 0.1) is 11.2 Å². The minimum absolute atomic E-state index is 0.0167. The highest BCUT2D eigenvalue weighted by molar-refractivity contribution is 6.12. The van der Waals surface area contributed by atoms with Crippen molar-refractivity contribution in [3.8, 4) is 0 Å². The van der Waals surface area contributed by atoms with E-state index in [9.17, 15) is 9.18 Å². The Labute approximate surface area is 114 Å². The van der Waals surface area contributed by atoms with Gasteiger partial charge in [-0.05, 0) is 30.3 Å². The summed E-state index contributed by atoms with van der Waals surface area (Å²) in [7, 11) is 1.21. The Morgan fingerprint density at radius 3 is 2.75 bits per heavy atom. The molecule has 1 aromatic carbocycles. The molecule has 0 aliphatic carbocycles. The van der Waals surface area contributed by atoms with Gasteiger partial charge >= 0.3 is 5.97 Å². The van der Waals surface area contributed by atoms with Gasteiger partial charge in [0.05, 0.1) is 24.1 Å². The van der Waals surface area contributed by atoms with E-state index in [2.05, 4.69) is 9.72 Å². The number of aromatic nitrogens is 1. The number of halogens is 1. The van der Waals surface area contributed by atoms with Crippen LogP contribution in [-0.4, -0.2) is 23.8 Å². The zero-order chi connectivity index (χ0) is 14.7. The number of ether oxygens (including phenoxy) is 1. The maximum absolute atomic E-state index is 14.0. The van der Waals surface area contributed by atoms with Crippen LogP contribution in [0.2, 0.25) is 0 Å². The molecule has 0 saturated heterocycles. The zero-order valence-corrected chi connectivity index (χ0v) is 10.7. The number of rotatable bonds is 3. The van der Waals surface area contributed by atoms with Crippen LogP contribution in [-0.2, 0) is 4.74 Å². The van der Waals surface area contributed by atoms with Gasteiger partial charge in [0.25, 0.3) is 0 Å². The lowest BCUT2D eigenvalue weighted by molar-refractivity contribution is 0.0600. The number of nitrogens with one attached hydrogen (secondary N) is 1. The fourth-order valence-corrected chi connectivity index (χ4v) is 1.72. The SMILES string of the molecule is COC(=O)c1ccc(C(=N)c2ncccc2N)c(F)c1. The standard InChI is InChI=1S/C14H12FN3O2/c1-20-14(19)8-4-5-9(10(15)7-8)12(17)13-11(16)3-2-6-18-13/h2-7,17H,16H2,1H3. The van der Waals surface area contributed by atoms with Crippen molar-refractivity contribution < 1.29 is 13.9 Å². The van der Waals surface area contributed by atoms with Crippen molar-refractivity contribution in [2.75, 3.05) is 12.8 Å². The Bertz CT molecular complexity index is 686. The van der Waals surface area contributed by atoms with Gasteiger partial charge in [-0.1, -0.05) is 0 Å². The minimum Gasteiger partial charge on any atom is -0.465 e. The molecular weight excluding hydrogens is 261 g/mol. The zero-order valence-electron chi connectivity index (χ0n) is 10.7. The van der Waals surface area contributed by atoms with Crippen molar-refractivity contribution in [3.05, 3.63) is 59.2 Å². The van der Waals surface area contributed by atoms with Gasteiger partial charge in [-0.3, -0.25) is 10.4 Å². The molecule has 0 amide bonds. The molecule has 0 spiro atoms. The van der Waals surface area contributed by atoms with E-state index < -0.39 is 11.8 Å². The molecule has 0 bridgehead atoms. The van der Waals surface area contributed by atoms with E-state index in [1.165, 1.54) is 25.4 Å². The molecule has 102 valence electrons. The fraction of sp³-hybridized carbons (Fsp3) is 0.0714. The lowest BCUT2D eigenvalue weighted by Crippen LogP contribution is -2.11. The van der Waals surface area contributed by atoms with Gasteiger partial charge in [0.2, 0.25) is 0 Å². The summed E-state index contributed by atoms with van der Waals surface area (Å²) < 4.78 is 18.5. The van der Waals surface area contributed by atoms with Crippen molar-refractivity contribution in [2.24, 2.45) is 0 Å². The molecule has 2 aromatic rings. The number of nitrogen functional groups attached to an aromatic ring is 1. The third kappa shape index (κ3) is 2.49. The third-order valence-electron chi connectivity index (χ3n) is 2.74. The van der Waals surface area contributed by atoms with Crippen LogP contribution in [0.1, 0.15) is 21.6 Å². The lowest BCUT2D eigenvalue weighted by Gasteiger charge is -2.08. The number of esters is 1. The van der Waals surface area contributed by atoms with Crippen LogP contribution < -0.4 is 5.73 Å². The van der Waals surface area contributed by atoms with E-state index >= 15 is 0 Å². The number of pyridine rings is 1.